The molecule has 0 aromatic heterocycles. The highest BCUT2D eigenvalue weighted by Gasteiger charge is 2.08. The van der Waals surface area contributed by atoms with Crippen LogP contribution in [0, 0.1) is 5.92 Å². The first-order chi connectivity index (χ1) is 7.18. The maximum Gasteiger partial charge on any atom is 0.120 e. The van der Waals surface area contributed by atoms with Crippen molar-refractivity contribution in [1.29, 1.82) is 0 Å². The molecule has 0 saturated heterocycles. The minimum absolute atomic E-state index is 0.549. The summed E-state index contributed by atoms with van der Waals surface area (Å²) >= 11 is 0. The molecule has 0 aliphatic heterocycles. The maximum absolute atomic E-state index is 5.40. The summed E-state index contributed by atoms with van der Waals surface area (Å²) in [6.07, 6.45) is 6.21. The summed E-state index contributed by atoms with van der Waals surface area (Å²) in [4.78, 5) is 7.58. The fourth-order valence-electron chi connectivity index (χ4n) is 1.98. The largest absolute Gasteiger partial charge is 0.396 e. The van der Waals surface area contributed by atoms with Gasteiger partial charge in [-0.3, -0.25) is 0 Å². The van der Waals surface area contributed by atoms with Crippen molar-refractivity contribution in [1.82, 2.24) is 4.90 Å². The lowest BCUT2D eigenvalue weighted by atomic mass is 9.99. The van der Waals surface area contributed by atoms with E-state index in [4.69, 9.17) is 4.84 Å². The summed E-state index contributed by atoms with van der Waals surface area (Å²) in [5.74, 6) is 0.549. The van der Waals surface area contributed by atoms with E-state index in [9.17, 15) is 0 Å². The molecule has 0 aromatic carbocycles. The van der Waals surface area contributed by atoms with E-state index in [-0.39, 0.29) is 0 Å². The number of hydrogen-bond acceptors (Lipinski definition) is 3. The Kier molecular flexibility index (Phi) is 5.69. The van der Waals surface area contributed by atoms with E-state index in [2.05, 4.69) is 31.1 Å². The Hall–Kier alpha value is -0.570. The fraction of sp³-hybridized carbons (Fsp3) is 0.917. The third-order valence-electron chi connectivity index (χ3n) is 2.66. The quantitative estimate of drug-likeness (QED) is 0.654. The minimum Gasteiger partial charge on any atom is -0.396 e. The van der Waals surface area contributed by atoms with Gasteiger partial charge in [0.15, 0.2) is 0 Å². The molecule has 0 N–H and O–H groups in total. The van der Waals surface area contributed by atoms with Gasteiger partial charge in [0.25, 0.3) is 0 Å². The van der Waals surface area contributed by atoms with Gasteiger partial charge in [-0.2, -0.15) is 0 Å². The van der Waals surface area contributed by atoms with E-state index in [1.54, 1.807) is 0 Å². The van der Waals surface area contributed by atoms with Gasteiger partial charge in [-0.15, -0.1) is 0 Å². The van der Waals surface area contributed by atoms with Gasteiger partial charge in [0.1, 0.15) is 6.61 Å². The van der Waals surface area contributed by atoms with E-state index in [0.717, 1.165) is 26.0 Å². The van der Waals surface area contributed by atoms with Crippen molar-refractivity contribution in [3.05, 3.63) is 0 Å². The third-order valence-corrected chi connectivity index (χ3v) is 2.66. The summed E-state index contributed by atoms with van der Waals surface area (Å²) in [6, 6.07) is 0. The topological polar surface area (TPSA) is 24.8 Å². The van der Waals surface area contributed by atoms with E-state index in [1.165, 1.54) is 25.0 Å². The zero-order valence-corrected chi connectivity index (χ0v) is 10.3. The van der Waals surface area contributed by atoms with Crippen molar-refractivity contribution in [2.75, 3.05) is 27.2 Å². The van der Waals surface area contributed by atoms with Crippen LogP contribution in [0.1, 0.15) is 39.0 Å². The lowest BCUT2D eigenvalue weighted by Gasteiger charge is -2.16. The van der Waals surface area contributed by atoms with Crippen LogP contribution in [-0.2, 0) is 4.84 Å². The van der Waals surface area contributed by atoms with Gasteiger partial charge in [0, 0.05) is 12.5 Å². The number of oxime groups is 1. The van der Waals surface area contributed by atoms with E-state index < -0.39 is 0 Å². The van der Waals surface area contributed by atoms with Gasteiger partial charge in [0.2, 0.25) is 0 Å². The molecule has 3 heteroatoms. The van der Waals surface area contributed by atoms with Crippen LogP contribution in [-0.4, -0.2) is 37.9 Å². The first-order valence-electron chi connectivity index (χ1n) is 6.01. The molecule has 1 unspecified atom stereocenters. The van der Waals surface area contributed by atoms with Crippen molar-refractivity contribution in [3.8, 4) is 0 Å². The highest BCUT2D eigenvalue weighted by Crippen LogP contribution is 2.15. The Bertz CT molecular complexity index is 194. The Balaban J connectivity index is 2.13. The standard InChI is InChI=1S/C12H24N2O/c1-11(9-14(2)3)10-15-13-12-7-5-4-6-8-12/h11H,4-10H2,1-3H3. The average molecular weight is 212 g/mol. The van der Waals surface area contributed by atoms with Gasteiger partial charge in [-0.05, 0) is 39.8 Å². The van der Waals surface area contributed by atoms with Crippen LogP contribution in [0.2, 0.25) is 0 Å². The van der Waals surface area contributed by atoms with Gasteiger partial charge in [0.05, 0.1) is 5.71 Å². The molecule has 1 rings (SSSR count). The molecule has 1 fully saturated rings. The first-order valence-corrected chi connectivity index (χ1v) is 6.01. The Morgan fingerprint density at radius 1 is 1.27 bits per heavy atom. The minimum atomic E-state index is 0.549. The van der Waals surface area contributed by atoms with Crippen LogP contribution < -0.4 is 0 Å². The van der Waals surface area contributed by atoms with Gasteiger partial charge < -0.3 is 9.74 Å². The van der Waals surface area contributed by atoms with Crippen molar-refractivity contribution >= 4 is 5.71 Å². The van der Waals surface area contributed by atoms with Crippen LogP contribution in [0.3, 0.4) is 0 Å². The second-order valence-corrected chi connectivity index (χ2v) is 4.88. The molecule has 1 saturated carbocycles. The Labute approximate surface area is 93.5 Å². The molecule has 0 radical (unpaired) electrons. The molecule has 0 heterocycles. The molecular weight excluding hydrogens is 188 g/mol. The second kappa shape index (κ2) is 6.83. The normalized spacial score (nSPS) is 19.1. The smallest absolute Gasteiger partial charge is 0.120 e. The predicted molar refractivity (Wildman–Crippen MR) is 64.2 cm³/mol. The fourth-order valence-corrected chi connectivity index (χ4v) is 1.98. The van der Waals surface area contributed by atoms with Crippen LogP contribution in [0.4, 0.5) is 0 Å². The zero-order valence-electron chi connectivity index (χ0n) is 10.3. The Morgan fingerprint density at radius 2 is 1.93 bits per heavy atom. The lowest BCUT2D eigenvalue weighted by molar-refractivity contribution is 0.101. The van der Waals surface area contributed by atoms with Crippen LogP contribution in [0.5, 0.6) is 0 Å². The molecule has 0 spiro atoms. The molecule has 0 bridgehead atoms. The molecule has 88 valence electrons. The second-order valence-electron chi connectivity index (χ2n) is 4.88. The molecule has 0 aromatic rings. The summed E-state index contributed by atoms with van der Waals surface area (Å²) in [7, 11) is 4.17. The summed E-state index contributed by atoms with van der Waals surface area (Å²) in [6.45, 7) is 3.99. The third kappa shape index (κ3) is 5.78. The molecule has 1 aliphatic rings. The van der Waals surface area contributed by atoms with Gasteiger partial charge in [-0.1, -0.05) is 18.5 Å². The SMILES string of the molecule is CC(CON=C1CCCCC1)CN(C)C. The first kappa shape index (κ1) is 12.5. The van der Waals surface area contributed by atoms with Crippen LogP contribution >= 0.6 is 0 Å². The summed E-state index contributed by atoms with van der Waals surface area (Å²) in [5.41, 5.74) is 1.26. The molecule has 1 atom stereocenters. The van der Waals surface area contributed by atoms with Crippen molar-refractivity contribution in [3.63, 3.8) is 0 Å². The Morgan fingerprint density at radius 3 is 2.53 bits per heavy atom. The zero-order chi connectivity index (χ0) is 11.1. The summed E-state index contributed by atoms with van der Waals surface area (Å²) in [5, 5.41) is 4.23. The van der Waals surface area contributed by atoms with E-state index in [1.807, 2.05) is 0 Å². The van der Waals surface area contributed by atoms with Crippen molar-refractivity contribution in [2.45, 2.75) is 39.0 Å². The van der Waals surface area contributed by atoms with Crippen molar-refractivity contribution in [2.24, 2.45) is 11.1 Å². The molecular formula is C12H24N2O. The molecule has 15 heavy (non-hydrogen) atoms. The maximum atomic E-state index is 5.40. The molecule has 1 aliphatic carbocycles. The van der Waals surface area contributed by atoms with Gasteiger partial charge >= 0.3 is 0 Å². The number of nitrogens with zero attached hydrogens (tertiary/aromatic N) is 2. The van der Waals surface area contributed by atoms with E-state index in [0.29, 0.717) is 5.92 Å². The monoisotopic (exact) mass is 212 g/mol. The number of hydrogen-bond donors (Lipinski definition) is 0. The van der Waals surface area contributed by atoms with Gasteiger partial charge in [-0.25, -0.2) is 0 Å². The lowest BCUT2D eigenvalue weighted by Crippen LogP contribution is -2.22. The summed E-state index contributed by atoms with van der Waals surface area (Å²) < 4.78 is 0. The van der Waals surface area contributed by atoms with Crippen LogP contribution in [0.25, 0.3) is 0 Å². The molecule has 3 nitrogen and oxygen atoms in total. The van der Waals surface area contributed by atoms with Crippen LogP contribution in [0.15, 0.2) is 5.16 Å². The van der Waals surface area contributed by atoms with E-state index >= 15 is 0 Å². The number of rotatable bonds is 5. The molecule has 0 amide bonds. The highest BCUT2D eigenvalue weighted by atomic mass is 16.6. The highest BCUT2D eigenvalue weighted by molar-refractivity contribution is 5.84. The predicted octanol–water partition coefficient (Wildman–Crippen LogP) is 2.52. The van der Waals surface area contributed by atoms with Crippen molar-refractivity contribution < 1.29 is 4.84 Å². The average Bonchev–Trinajstić information content (AvgIpc) is 2.18.